The molecule has 0 bridgehead atoms. The zero-order valence-corrected chi connectivity index (χ0v) is 16.5. The van der Waals surface area contributed by atoms with E-state index < -0.39 is 0 Å². The summed E-state index contributed by atoms with van der Waals surface area (Å²) >= 11 is 0. The van der Waals surface area contributed by atoms with Crippen LogP contribution in [0.15, 0.2) is 24.5 Å². The molecule has 6 nitrogen and oxygen atoms in total. The molecule has 1 spiro atoms. The average Bonchev–Trinajstić information content (AvgIpc) is 2.70. The highest BCUT2D eigenvalue weighted by molar-refractivity contribution is 5.80. The predicted molar refractivity (Wildman–Crippen MR) is 103 cm³/mol. The second-order valence-electron chi connectivity index (χ2n) is 7.94. The van der Waals surface area contributed by atoms with Crippen LogP contribution in [0, 0.1) is 5.41 Å². The van der Waals surface area contributed by atoms with E-state index in [2.05, 4.69) is 4.98 Å². The molecule has 27 heavy (non-hydrogen) atoms. The molecule has 2 aliphatic rings. The third kappa shape index (κ3) is 4.86. The van der Waals surface area contributed by atoms with Gasteiger partial charge in [0.25, 0.3) is 5.91 Å². The SMILES string of the molecule is CCCOC(C)C(=O)N1CCC2(CCC(=O)N(Cc3ccncc3)C2)CC1. The number of carbonyl (C=O) groups excluding carboxylic acids is 2. The first-order chi connectivity index (χ1) is 13.0. The lowest BCUT2D eigenvalue weighted by Crippen LogP contribution is -2.53. The molecule has 3 heterocycles. The minimum absolute atomic E-state index is 0.0961. The Morgan fingerprint density at radius 3 is 2.63 bits per heavy atom. The number of likely N-dealkylation sites (tertiary alicyclic amines) is 2. The summed E-state index contributed by atoms with van der Waals surface area (Å²) in [5.74, 6) is 0.330. The van der Waals surface area contributed by atoms with Crippen molar-refractivity contribution in [2.75, 3.05) is 26.2 Å². The highest BCUT2D eigenvalue weighted by Gasteiger charge is 2.42. The van der Waals surface area contributed by atoms with E-state index in [9.17, 15) is 9.59 Å². The van der Waals surface area contributed by atoms with Crippen molar-refractivity contribution in [3.8, 4) is 0 Å². The number of pyridine rings is 1. The van der Waals surface area contributed by atoms with Crippen LogP contribution in [-0.4, -0.2) is 58.9 Å². The molecular formula is C21H31N3O3. The number of aromatic nitrogens is 1. The summed E-state index contributed by atoms with van der Waals surface area (Å²) in [6, 6.07) is 3.93. The zero-order valence-electron chi connectivity index (χ0n) is 16.5. The van der Waals surface area contributed by atoms with Gasteiger partial charge in [-0.25, -0.2) is 0 Å². The normalized spacial score (nSPS) is 20.7. The average molecular weight is 373 g/mol. The lowest BCUT2D eigenvalue weighted by Gasteiger charge is -2.47. The van der Waals surface area contributed by atoms with E-state index in [1.807, 2.05) is 35.8 Å². The van der Waals surface area contributed by atoms with Crippen LogP contribution in [0.4, 0.5) is 0 Å². The summed E-state index contributed by atoms with van der Waals surface area (Å²) < 4.78 is 5.59. The highest BCUT2D eigenvalue weighted by atomic mass is 16.5. The first kappa shape index (κ1) is 19.8. The molecule has 0 radical (unpaired) electrons. The van der Waals surface area contributed by atoms with Gasteiger partial charge in [0, 0.05) is 51.6 Å². The standard InChI is InChI=1S/C21H31N3O3/c1-3-14-27-17(2)20(26)23-12-8-21(9-13-23)7-4-19(25)24(16-21)15-18-5-10-22-11-6-18/h5-6,10-11,17H,3-4,7-9,12-16H2,1-2H3. The Morgan fingerprint density at radius 1 is 1.26 bits per heavy atom. The molecule has 6 heteroatoms. The van der Waals surface area contributed by atoms with Crippen LogP contribution in [0.1, 0.15) is 51.5 Å². The first-order valence-corrected chi connectivity index (χ1v) is 10.1. The number of amides is 2. The van der Waals surface area contributed by atoms with Crippen molar-refractivity contribution in [2.45, 2.75) is 58.6 Å². The molecule has 1 aromatic rings. The lowest BCUT2D eigenvalue weighted by molar-refractivity contribution is -0.148. The highest BCUT2D eigenvalue weighted by Crippen LogP contribution is 2.40. The Balaban J connectivity index is 1.56. The van der Waals surface area contributed by atoms with Gasteiger partial charge in [-0.05, 0) is 55.7 Å². The van der Waals surface area contributed by atoms with Crippen LogP contribution < -0.4 is 0 Å². The summed E-state index contributed by atoms with van der Waals surface area (Å²) in [7, 11) is 0. The predicted octanol–water partition coefficient (Wildman–Crippen LogP) is 2.63. The quantitative estimate of drug-likeness (QED) is 0.769. The van der Waals surface area contributed by atoms with E-state index in [0.717, 1.165) is 50.9 Å². The fourth-order valence-corrected chi connectivity index (χ4v) is 4.19. The van der Waals surface area contributed by atoms with Crippen molar-refractivity contribution in [1.29, 1.82) is 0 Å². The monoisotopic (exact) mass is 373 g/mol. The molecule has 1 atom stereocenters. The van der Waals surface area contributed by atoms with Crippen LogP contribution in [0.25, 0.3) is 0 Å². The summed E-state index contributed by atoms with van der Waals surface area (Å²) in [4.78, 5) is 33.0. The second-order valence-corrected chi connectivity index (χ2v) is 7.94. The minimum atomic E-state index is -0.366. The van der Waals surface area contributed by atoms with Crippen LogP contribution in [0.2, 0.25) is 0 Å². The Labute approximate surface area is 161 Å². The van der Waals surface area contributed by atoms with Gasteiger partial charge >= 0.3 is 0 Å². The van der Waals surface area contributed by atoms with Crippen molar-refractivity contribution >= 4 is 11.8 Å². The van der Waals surface area contributed by atoms with Gasteiger partial charge in [0.1, 0.15) is 6.10 Å². The third-order valence-corrected chi connectivity index (χ3v) is 5.93. The van der Waals surface area contributed by atoms with Gasteiger partial charge in [-0.2, -0.15) is 0 Å². The summed E-state index contributed by atoms with van der Waals surface area (Å²) in [6.07, 6.45) is 7.55. The van der Waals surface area contributed by atoms with Crippen molar-refractivity contribution in [2.24, 2.45) is 5.41 Å². The van der Waals surface area contributed by atoms with Crippen molar-refractivity contribution in [1.82, 2.24) is 14.8 Å². The molecule has 1 aromatic heterocycles. The maximum absolute atomic E-state index is 12.6. The number of ether oxygens (including phenoxy) is 1. The topological polar surface area (TPSA) is 62.7 Å². The second kappa shape index (κ2) is 8.83. The first-order valence-electron chi connectivity index (χ1n) is 10.1. The largest absolute Gasteiger partial charge is 0.369 e. The Bertz CT molecular complexity index is 641. The molecule has 2 amide bonds. The number of rotatable bonds is 6. The van der Waals surface area contributed by atoms with Crippen molar-refractivity contribution in [3.63, 3.8) is 0 Å². The van der Waals surface area contributed by atoms with E-state index in [0.29, 0.717) is 19.6 Å². The molecular weight excluding hydrogens is 342 g/mol. The van der Waals surface area contributed by atoms with E-state index in [4.69, 9.17) is 4.74 Å². The maximum atomic E-state index is 12.6. The van der Waals surface area contributed by atoms with Gasteiger partial charge < -0.3 is 14.5 Å². The molecule has 2 fully saturated rings. The maximum Gasteiger partial charge on any atom is 0.251 e. The van der Waals surface area contributed by atoms with Gasteiger partial charge in [0.15, 0.2) is 0 Å². The zero-order chi connectivity index (χ0) is 19.3. The number of piperidine rings is 2. The Hall–Kier alpha value is -1.95. The Kier molecular flexibility index (Phi) is 6.47. The van der Waals surface area contributed by atoms with Gasteiger partial charge in [-0.15, -0.1) is 0 Å². The van der Waals surface area contributed by atoms with E-state index in [1.165, 1.54) is 0 Å². The van der Waals surface area contributed by atoms with Gasteiger partial charge in [-0.1, -0.05) is 6.92 Å². The van der Waals surface area contributed by atoms with Crippen LogP contribution in [-0.2, 0) is 20.9 Å². The lowest BCUT2D eigenvalue weighted by atomic mass is 9.72. The minimum Gasteiger partial charge on any atom is -0.369 e. The summed E-state index contributed by atoms with van der Waals surface area (Å²) in [5.41, 5.74) is 1.26. The van der Waals surface area contributed by atoms with Crippen LogP contribution >= 0.6 is 0 Å². The summed E-state index contributed by atoms with van der Waals surface area (Å²) in [6.45, 7) is 7.47. The van der Waals surface area contributed by atoms with Gasteiger partial charge in [0.2, 0.25) is 5.91 Å². The van der Waals surface area contributed by atoms with Crippen LogP contribution in [0.5, 0.6) is 0 Å². The fraction of sp³-hybridized carbons (Fsp3) is 0.667. The molecule has 2 aliphatic heterocycles. The smallest absolute Gasteiger partial charge is 0.251 e. The van der Waals surface area contributed by atoms with Crippen molar-refractivity contribution < 1.29 is 14.3 Å². The molecule has 0 saturated carbocycles. The van der Waals surface area contributed by atoms with E-state index in [1.54, 1.807) is 12.4 Å². The molecule has 148 valence electrons. The molecule has 2 saturated heterocycles. The van der Waals surface area contributed by atoms with Gasteiger partial charge in [0.05, 0.1) is 0 Å². The number of nitrogens with zero attached hydrogens (tertiary/aromatic N) is 3. The van der Waals surface area contributed by atoms with E-state index >= 15 is 0 Å². The van der Waals surface area contributed by atoms with Crippen LogP contribution in [0.3, 0.4) is 0 Å². The number of hydrogen-bond donors (Lipinski definition) is 0. The van der Waals surface area contributed by atoms with E-state index in [-0.39, 0.29) is 23.3 Å². The Morgan fingerprint density at radius 2 is 1.96 bits per heavy atom. The van der Waals surface area contributed by atoms with Gasteiger partial charge in [-0.3, -0.25) is 14.6 Å². The molecule has 0 aromatic carbocycles. The molecule has 1 unspecified atom stereocenters. The summed E-state index contributed by atoms with van der Waals surface area (Å²) in [5, 5.41) is 0. The molecule has 3 rings (SSSR count). The molecule has 0 N–H and O–H groups in total. The number of carbonyl (C=O) groups is 2. The third-order valence-electron chi connectivity index (χ3n) is 5.93. The van der Waals surface area contributed by atoms with Crippen molar-refractivity contribution in [3.05, 3.63) is 30.1 Å². The number of hydrogen-bond acceptors (Lipinski definition) is 4. The fourth-order valence-electron chi connectivity index (χ4n) is 4.19. The molecule has 0 aliphatic carbocycles.